The molecule has 0 bridgehead atoms. The lowest BCUT2D eigenvalue weighted by Gasteiger charge is -2.25. The van der Waals surface area contributed by atoms with Crippen LogP contribution in [-0.4, -0.2) is 28.8 Å². The summed E-state index contributed by atoms with van der Waals surface area (Å²) >= 11 is 0. The number of benzene rings is 2. The Morgan fingerprint density at radius 3 is 2.69 bits per heavy atom. The predicted molar refractivity (Wildman–Crippen MR) is 115 cm³/mol. The maximum Gasteiger partial charge on any atom is 0.290 e. The molecule has 32 heavy (non-hydrogen) atoms. The molecule has 2 aromatic carbocycles. The predicted octanol–water partition coefficient (Wildman–Crippen LogP) is 4.81. The highest BCUT2D eigenvalue weighted by atomic mass is 16.5. The Morgan fingerprint density at radius 1 is 1.09 bits per heavy atom. The lowest BCUT2D eigenvalue weighted by Crippen LogP contribution is -2.30. The minimum atomic E-state index is -0.899. The van der Waals surface area contributed by atoms with Crippen LogP contribution in [0.15, 0.2) is 93.2 Å². The van der Waals surface area contributed by atoms with Gasteiger partial charge in [0, 0.05) is 11.9 Å². The number of carbonyl (C=O) groups excluding carboxylic acids is 2. The quantitative estimate of drug-likeness (QED) is 0.442. The molecule has 1 aliphatic rings. The van der Waals surface area contributed by atoms with Gasteiger partial charge < -0.3 is 23.6 Å². The smallest absolute Gasteiger partial charge is 0.290 e. The summed E-state index contributed by atoms with van der Waals surface area (Å²) in [5, 5.41) is 11.5. The first-order valence-electron chi connectivity index (χ1n) is 10.0. The third-order valence-electron chi connectivity index (χ3n) is 5.50. The molecule has 0 saturated heterocycles. The first-order chi connectivity index (χ1) is 15.6. The molecule has 0 radical (unpaired) electrons. The number of Topliss-reactive ketones (excluding diaryl/α,β-unsaturated/α-hetero) is 1. The van der Waals surface area contributed by atoms with Gasteiger partial charge in [-0.3, -0.25) is 9.59 Å². The fourth-order valence-electron chi connectivity index (χ4n) is 3.99. The fraction of sp³-hybridized carbons (Fsp3) is 0.120. The number of furan rings is 2. The van der Waals surface area contributed by atoms with Crippen LogP contribution in [0.4, 0.5) is 0 Å². The number of methoxy groups -OCH3 is 1. The fourth-order valence-corrected chi connectivity index (χ4v) is 3.99. The van der Waals surface area contributed by atoms with Crippen molar-refractivity contribution in [2.24, 2.45) is 0 Å². The van der Waals surface area contributed by atoms with E-state index in [1.54, 1.807) is 49.6 Å². The van der Waals surface area contributed by atoms with Crippen molar-refractivity contribution in [1.82, 2.24) is 4.90 Å². The number of ether oxygens (including phenoxy) is 1. The van der Waals surface area contributed by atoms with Crippen molar-refractivity contribution < 1.29 is 28.3 Å². The molecule has 1 amide bonds. The summed E-state index contributed by atoms with van der Waals surface area (Å²) in [6, 6.07) is 18.5. The molecule has 4 aromatic rings. The van der Waals surface area contributed by atoms with Crippen molar-refractivity contribution in [3.8, 4) is 5.75 Å². The number of aliphatic hydroxyl groups is 1. The van der Waals surface area contributed by atoms with Gasteiger partial charge in [-0.25, -0.2) is 0 Å². The highest BCUT2D eigenvalue weighted by molar-refractivity contribution is 6.15. The van der Waals surface area contributed by atoms with Gasteiger partial charge in [-0.15, -0.1) is 0 Å². The third kappa shape index (κ3) is 3.24. The summed E-state index contributed by atoms with van der Waals surface area (Å²) in [5.74, 6) is -0.792. The van der Waals surface area contributed by atoms with E-state index < -0.39 is 23.5 Å². The molecule has 1 N–H and O–H groups in total. The van der Waals surface area contributed by atoms with Crippen molar-refractivity contribution in [1.29, 1.82) is 0 Å². The molecule has 7 nitrogen and oxygen atoms in total. The molecule has 0 aliphatic carbocycles. The van der Waals surface area contributed by atoms with Gasteiger partial charge >= 0.3 is 0 Å². The maximum atomic E-state index is 13.4. The molecule has 1 aliphatic heterocycles. The number of para-hydroxylation sites is 1. The highest BCUT2D eigenvalue weighted by Crippen LogP contribution is 2.40. The zero-order chi connectivity index (χ0) is 22.2. The van der Waals surface area contributed by atoms with E-state index in [9.17, 15) is 14.7 Å². The van der Waals surface area contributed by atoms with E-state index in [0.29, 0.717) is 17.1 Å². The summed E-state index contributed by atoms with van der Waals surface area (Å²) in [6.07, 6.45) is 1.46. The number of fused-ring (bicyclic) bond motifs is 1. The second-order valence-electron chi connectivity index (χ2n) is 7.44. The van der Waals surface area contributed by atoms with Crippen LogP contribution in [0.1, 0.15) is 27.9 Å². The third-order valence-corrected chi connectivity index (χ3v) is 5.50. The number of hydrogen-bond donors (Lipinski definition) is 1. The molecule has 7 heteroatoms. The van der Waals surface area contributed by atoms with Gasteiger partial charge in [0.2, 0.25) is 5.78 Å². The standard InChI is InChI=1S/C25H19NO6/c1-30-17-8-4-6-15(12-17)14-26-22(19-10-5-11-31-19)21(24(28)25(26)29)23(27)20-13-16-7-2-3-9-18(16)32-20/h2-13,22,28H,14H2,1H3. The van der Waals surface area contributed by atoms with Gasteiger partial charge in [-0.05, 0) is 42.0 Å². The van der Waals surface area contributed by atoms with E-state index >= 15 is 0 Å². The van der Waals surface area contributed by atoms with E-state index in [4.69, 9.17) is 13.6 Å². The maximum absolute atomic E-state index is 13.4. The zero-order valence-electron chi connectivity index (χ0n) is 17.1. The van der Waals surface area contributed by atoms with E-state index in [0.717, 1.165) is 10.9 Å². The average Bonchev–Trinajstić information content (AvgIpc) is 3.54. The summed E-state index contributed by atoms with van der Waals surface area (Å²) in [7, 11) is 1.56. The van der Waals surface area contributed by atoms with Crippen molar-refractivity contribution in [3.63, 3.8) is 0 Å². The summed E-state index contributed by atoms with van der Waals surface area (Å²) in [6.45, 7) is 0.141. The van der Waals surface area contributed by atoms with Crippen LogP contribution in [0.25, 0.3) is 11.0 Å². The van der Waals surface area contributed by atoms with Crippen LogP contribution in [0.5, 0.6) is 5.75 Å². The largest absolute Gasteiger partial charge is 0.503 e. The topological polar surface area (TPSA) is 93.1 Å². The van der Waals surface area contributed by atoms with Gasteiger partial charge in [0.15, 0.2) is 11.5 Å². The Hall–Kier alpha value is -4.26. The molecular weight excluding hydrogens is 410 g/mol. The number of ketones is 1. The Morgan fingerprint density at radius 2 is 1.94 bits per heavy atom. The summed E-state index contributed by atoms with van der Waals surface area (Å²) in [5.41, 5.74) is 1.24. The Balaban J connectivity index is 1.56. The Kier molecular flexibility index (Phi) is 4.78. The van der Waals surface area contributed by atoms with Crippen LogP contribution < -0.4 is 4.74 Å². The van der Waals surface area contributed by atoms with Crippen LogP contribution in [0.2, 0.25) is 0 Å². The van der Waals surface area contributed by atoms with E-state index in [2.05, 4.69) is 0 Å². The van der Waals surface area contributed by atoms with Crippen molar-refractivity contribution in [3.05, 3.63) is 101 Å². The van der Waals surface area contributed by atoms with Crippen molar-refractivity contribution in [2.45, 2.75) is 12.6 Å². The molecule has 0 saturated carbocycles. The highest BCUT2D eigenvalue weighted by Gasteiger charge is 2.45. The number of amides is 1. The lowest BCUT2D eigenvalue weighted by molar-refractivity contribution is -0.130. The van der Waals surface area contributed by atoms with Crippen LogP contribution in [-0.2, 0) is 11.3 Å². The van der Waals surface area contributed by atoms with Crippen LogP contribution in [0, 0.1) is 0 Å². The second-order valence-corrected chi connectivity index (χ2v) is 7.44. The second kappa shape index (κ2) is 7.77. The molecule has 1 unspecified atom stereocenters. The SMILES string of the molecule is COc1cccc(CN2C(=O)C(O)=C(C(=O)c3cc4ccccc4o3)C2c2ccco2)c1. The van der Waals surface area contributed by atoms with Gasteiger partial charge in [-0.2, -0.15) is 0 Å². The summed E-state index contributed by atoms with van der Waals surface area (Å²) < 4.78 is 16.5. The average molecular weight is 429 g/mol. The normalized spacial score (nSPS) is 16.2. The molecule has 0 fully saturated rings. The van der Waals surface area contributed by atoms with E-state index in [-0.39, 0.29) is 17.9 Å². The molecule has 160 valence electrons. The van der Waals surface area contributed by atoms with Gasteiger partial charge in [0.25, 0.3) is 5.91 Å². The molecule has 0 spiro atoms. The molecule has 1 atom stereocenters. The minimum absolute atomic E-state index is 0.0420. The Labute approximate surface area is 183 Å². The minimum Gasteiger partial charge on any atom is -0.503 e. The van der Waals surface area contributed by atoms with Gasteiger partial charge in [0.05, 0.1) is 18.9 Å². The number of hydrogen-bond acceptors (Lipinski definition) is 6. The number of nitrogens with zero attached hydrogens (tertiary/aromatic N) is 1. The van der Waals surface area contributed by atoms with E-state index in [1.807, 2.05) is 24.3 Å². The monoisotopic (exact) mass is 429 g/mol. The zero-order valence-corrected chi connectivity index (χ0v) is 17.1. The first-order valence-corrected chi connectivity index (χ1v) is 10.0. The van der Waals surface area contributed by atoms with Crippen molar-refractivity contribution in [2.75, 3.05) is 7.11 Å². The number of carbonyl (C=O) groups is 2. The van der Waals surface area contributed by atoms with Gasteiger partial charge in [-0.1, -0.05) is 30.3 Å². The Bertz CT molecular complexity index is 1310. The van der Waals surface area contributed by atoms with Gasteiger partial charge in [0.1, 0.15) is 23.1 Å². The van der Waals surface area contributed by atoms with E-state index in [1.165, 1.54) is 11.2 Å². The molecule has 3 heterocycles. The molecule has 2 aromatic heterocycles. The number of aliphatic hydroxyl groups excluding tert-OH is 1. The van der Waals surface area contributed by atoms with Crippen LogP contribution >= 0.6 is 0 Å². The molecule has 5 rings (SSSR count). The van der Waals surface area contributed by atoms with Crippen LogP contribution in [0.3, 0.4) is 0 Å². The number of rotatable bonds is 6. The summed E-state index contributed by atoms with van der Waals surface area (Å²) in [4.78, 5) is 27.9. The molecular formula is C25H19NO6. The lowest BCUT2D eigenvalue weighted by atomic mass is 9.99. The van der Waals surface area contributed by atoms with Crippen molar-refractivity contribution >= 4 is 22.7 Å². The first kappa shape index (κ1) is 19.7.